The predicted octanol–water partition coefficient (Wildman–Crippen LogP) is 1.36. The van der Waals surface area contributed by atoms with E-state index in [4.69, 9.17) is 5.73 Å². The Hall–Kier alpha value is -1.36. The first-order valence-electron chi connectivity index (χ1n) is 6.72. The monoisotopic (exact) mass is 247 g/mol. The third-order valence-corrected chi connectivity index (χ3v) is 3.88. The van der Waals surface area contributed by atoms with Crippen LogP contribution in [0.5, 0.6) is 0 Å². The molecule has 0 amide bonds. The summed E-state index contributed by atoms with van der Waals surface area (Å²) >= 11 is 0. The average Bonchev–Trinajstić information content (AvgIpc) is 3.10. The van der Waals surface area contributed by atoms with E-state index in [2.05, 4.69) is 27.2 Å². The Morgan fingerprint density at radius 2 is 2.06 bits per heavy atom. The van der Waals surface area contributed by atoms with Crippen LogP contribution in [0, 0.1) is 6.92 Å². The zero-order valence-corrected chi connectivity index (χ0v) is 11.1. The molecule has 1 aliphatic heterocycles. The van der Waals surface area contributed by atoms with E-state index in [1.807, 2.05) is 6.92 Å². The van der Waals surface area contributed by atoms with E-state index >= 15 is 0 Å². The molecule has 5 heteroatoms. The number of likely N-dealkylation sites (N-methyl/N-ethyl adjacent to an activating group) is 1. The van der Waals surface area contributed by atoms with E-state index in [-0.39, 0.29) is 0 Å². The standard InChI is InChI=1S/C13H21N5/c1-8-11(14)16-13(9-3-4-9)17-12(8)15-10-5-6-18(2)7-10/h9-10H,3-7H2,1-2H3,(H3,14,15,16,17). The Bertz CT molecular complexity index is 455. The second-order valence-corrected chi connectivity index (χ2v) is 5.61. The number of rotatable bonds is 3. The Labute approximate surface area is 108 Å². The van der Waals surface area contributed by atoms with Crippen molar-refractivity contribution in [1.29, 1.82) is 0 Å². The minimum atomic E-state index is 0.482. The summed E-state index contributed by atoms with van der Waals surface area (Å²) in [4.78, 5) is 11.4. The second-order valence-electron chi connectivity index (χ2n) is 5.61. The van der Waals surface area contributed by atoms with Crippen molar-refractivity contribution in [3.8, 4) is 0 Å². The molecule has 3 rings (SSSR count). The van der Waals surface area contributed by atoms with Gasteiger partial charge >= 0.3 is 0 Å². The summed E-state index contributed by atoms with van der Waals surface area (Å²) < 4.78 is 0. The molecule has 0 aromatic carbocycles. The lowest BCUT2D eigenvalue weighted by Crippen LogP contribution is -2.25. The van der Waals surface area contributed by atoms with Crippen LogP contribution in [0.15, 0.2) is 0 Å². The number of likely N-dealkylation sites (tertiary alicyclic amines) is 1. The van der Waals surface area contributed by atoms with Crippen molar-refractivity contribution < 1.29 is 0 Å². The summed E-state index contributed by atoms with van der Waals surface area (Å²) in [6.07, 6.45) is 3.57. The van der Waals surface area contributed by atoms with Crippen molar-refractivity contribution in [2.45, 2.75) is 38.1 Å². The molecule has 2 aliphatic rings. The molecule has 1 aromatic heterocycles. The van der Waals surface area contributed by atoms with Crippen LogP contribution in [-0.2, 0) is 0 Å². The first-order chi connectivity index (χ1) is 8.63. The maximum Gasteiger partial charge on any atom is 0.136 e. The van der Waals surface area contributed by atoms with E-state index in [1.165, 1.54) is 19.3 Å². The number of nitrogens with one attached hydrogen (secondary N) is 1. The third-order valence-electron chi connectivity index (χ3n) is 3.88. The minimum Gasteiger partial charge on any atom is -0.383 e. The number of nitrogens with zero attached hydrogens (tertiary/aromatic N) is 3. The summed E-state index contributed by atoms with van der Waals surface area (Å²) in [6.45, 7) is 4.21. The second kappa shape index (κ2) is 4.39. The van der Waals surface area contributed by atoms with Crippen LogP contribution < -0.4 is 11.1 Å². The van der Waals surface area contributed by atoms with Gasteiger partial charge in [0, 0.05) is 24.1 Å². The lowest BCUT2D eigenvalue weighted by atomic mass is 10.2. The molecule has 0 radical (unpaired) electrons. The van der Waals surface area contributed by atoms with Crippen molar-refractivity contribution in [3.63, 3.8) is 0 Å². The van der Waals surface area contributed by atoms with Crippen LogP contribution in [-0.4, -0.2) is 41.0 Å². The lowest BCUT2D eigenvalue weighted by molar-refractivity contribution is 0.414. The highest BCUT2D eigenvalue weighted by molar-refractivity contribution is 5.55. The van der Waals surface area contributed by atoms with Crippen LogP contribution >= 0.6 is 0 Å². The van der Waals surface area contributed by atoms with Gasteiger partial charge in [0.05, 0.1) is 0 Å². The molecule has 1 aliphatic carbocycles. The third kappa shape index (κ3) is 2.27. The van der Waals surface area contributed by atoms with Crippen LogP contribution in [0.2, 0.25) is 0 Å². The normalized spacial score (nSPS) is 24.4. The van der Waals surface area contributed by atoms with Crippen LogP contribution in [0.3, 0.4) is 0 Å². The van der Waals surface area contributed by atoms with E-state index < -0.39 is 0 Å². The van der Waals surface area contributed by atoms with Gasteiger partial charge in [-0.1, -0.05) is 0 Å². The zero-order valence-electron chi connectivity index (χ0n) is 11.1. The number of nitrogens with two attached hydrogens (primary N) is 1. The van der Waals surface area contributed by atoms with E-state index in [0.29, 0.717) is 17.8 Å². The highest BCUT2D eigenvalue weighted by Crippen LogP contribution is 2.39. The van der Waals surface area contributed by atoms with Gasteiger partial charge < -0.3 is 16.0 Å². The van der Waals surface area contributed by atoms with Crippen molar-refractivity contribution >= 4 is 11.6 Å². The Kier molecular flexibility index (Phi) is 2.86. The quantitative estimate of drug-likeness (QED) is 0.844. The fourth-order valence-electron chi connectivity index (χ4n) is 2.46. The van der Waals surface area contributed by atoms with Crippen molar-refractivity contribution in [2.75, 3.05) is 31.2 Å². The SMILES string of the molecule is Cc1c(N)nc(C2CC2)nc1NC1CCN(C)C1. The van der Waals surface area contributed by atoms with Crippen molar-refractivity contribution in [3.05, 3.63) is 11.4 Å². The molecule has 98 valence electrons. The molecule has 3 N–H and O–H groups in total. The number of hydrogen-bond acceptors (Lipinski definition) is 5. The molecule has 0 spiro atoms. The van der Waals surface area contributed by atoms with E-state index in [0.717, 1.165) is 30.3 Å². The van der Waals surface area contributed by atoms with Crippen LogP contribution in [0.25, 0.3) is 0 Å². The molecule has 1 saturated heterocycles. The molecular weight excluding hydrogens is 226 g/mol. The summed E-state index contributed by atoms with van der Waals surface area (Å²) in [5.74, 6) is 3.03. The first-order valence-corrected chi connectivity index (χ1v) is 6.72. The average molecular weight is 247 g/mol. The molecule has 1 saturated carbocycles. The fourth-order valence-corrected chi connectivity index (χ4v) is 2.46. The molecule has 2 fully saturated rings. The van der Waals surface area contributed by atoms with Gasteiger partial charge in [0.1, 0.15) is 17.5 Å². The highest BCUT2D eigenvalue weighted by atomic mass is 15.2. The van der Waals surface area contributed by atoms with Gasteiger partial charge in [-0.05, 0) is 39.8 Å². The summed E-state index contributed by atoms with van der Waals surface area (Å²) in [5.41, 5.74) is 6.97. The number of nitrogen functional groups attached to an aromatic ring is 1. The van der Waals surface area contributed by atoms with Gasteiger partial charge in [-0.2, -0.15) is 0 Å². The lowest BCUT2D eigenvalue weighted by Gasteiger charge is -2.16. The van der Waals surface area contributed by atoms with Gasteiger partial charge in [0.25, 0.3) is 0 Å². The zero-order chi connectivity index (χ0) is 12.7. The molecule has 2 heterocycles. The number of aromatic nitrogens is 2. The van der Waals surface area contributed by atoms with Gasteiger partial charge in [-0.15, -0.1) is 0 Å². The maximum atomic E-state index is 5.99. The van der Waals surface area contributed by atoms with Crippen LogP contribution in [0.1, 0.15) is 36.6 Å². The minimum absolute atomic E-state index is 0.482. The topological polar surface area (TPSA) is 67.1 Å². The molecule has 5 nitrogen and oxygen atoms in total. The maximum absolute atomic E-state index is 5.99. The number of hydrogen-bond donors (Lipinski definition) is 2. The van der Waals surface area contributed by atoms with Crippen LogP contribution in [0.4, 0.5) is 11.6 Å². The van der Waals surface area contributed by atoms with E-state index in [9.17, 15) is 0 Å². The Morgan fingerprint density at radius 3 is 2.67 bits per heavy atom. The predicted molar refractivity (Wildman–Crippen MR) is 72.7 cm³/mol. The smallest absolute Gasteiger partial charge is 0.136 e. The molecule has 1 atom stereocenters. The largest absolute Gasteiger partial charge is 0.383 e. The van der Waals surface area contributed by atoms with Gasteiger partial charge in [0.15, 0.2) is 0 Å². The number of anilines is 2. The molecule has 18 heavy (non-hydrogen) atoms. The molecule has 1 aromatic rings. The fraction of sp³-hybridized carbons (Fsp3) is 0.692. The first kappa shape index (κ1) is 11.7. The summed E-state index contributed by atoms with van der Waals surface area (Å²) in [6, 6.07) is 0.482. The Morgan fingerprint density at radius 1 is 1.28 bits per heavy atom. The van der Waals surface area contributed by atoms with Crippen molar-refractivity contribution in [1.82, 2.24) is 14.9 Å². The van der Waals surface area contributed by atoms with Gasteiger partial charge in [-0.25, -0.2) is 9.97 Å². The Balaban J connectivity index is 1.81. The van der Waals surface area contributed by atoms with E-state index in [1.54, 1.807) is 0 Å². The molecule has 0 bridgehead atoms. The van der Waals surface area contributed by atoms with Gasteiger partial charge in [0.2, 0.25) is 0 Å². The summed E-state index contributed by atoms with van der Waals surface area (Å²) in [5, 5.41) is 3.53. The van der Waals surface area contributed by atoms with Gasteiger partial charge in [-0.3, -0.25) is 0 Å². The highest BCUT2D eigenvalue weighted by Gasteiger charge is 2.28. The molecular formula is C13H21N5. The van der Waals surface area contributed by atoms with Crippen molar-refractivity contribution in [2.24, 2.45) is 0 Å². The summed E-state index contributed by atoms with van der Waals surface area (Å²) in [7, 11) is 2.15. The molecule has 1 unspecified atom stereocenters.